The van der Waals surface area contributed by atoms with Gasteiger partial charge in [0.1, 0.15) is 18.2 Å². The molecule has 0 radical (unpaired) electrons. The fourth-order valence-corrected chi connectivity index (χ4v) is 3.09. The number of amides is 2. The number of rotatable bonds is 12. The highest BCUT2D eigenvalue weighted by Crippen LogP contribution is 2.11. The second-order valence-electron chi connectivity index (χ2n) is 8.20. The summed E-state index contributed by atoms with van der Waals surface area (Å²) in [4.78, 5) is 36.8. The van der Waals surface area contributed by atoms with E-state index >= 15 is 0 Å². The molecule has 0 saturated heterocycles. The summed E-state index contributed by atoms with van der Waals surface area (Å²) in [7, 11) is 0. The van der Waals surface area contributed by atoms with Crippen LogP contribution in [-0.2, 0) is 20.8 Å². The smallest absolute Gasteiger partial charge is 0.326 e. The summed E-state index contributed by atoms with van der Waals surface area (Å²) in [5.41, 5.74) is 6.87. The molecule has 168 valence electrons. The minimum Gasteiger partial charge on any atom is -0.480 e. The van der Waals surface area contributed by atoms with Crippen molar-refractivity contribution in [1.82, 2.24) is 10.6 Å². The Bertz CT molecular complexity index is 695. The number of nitrogens with one attached hydrogen (secondary N) is 2. The quantitative estimate of drug-likeness (QED) is 0.342. The first-order valence-corrected chi connectivity index (χ1v) is 10.4. The second-order valence-corrected chi connectivity index (χ2v) is 8.20. The predicted molar refractivity (Wildman–Crippen MR) is 115 cm³/mol. The first kappa shape index (κ1) is 25.6. The van der Waals surface area contributed by atoms with Crippen LogP contribution in [0.4, 0.5) is 0 Å². The van der Waals surface area contributed by atoms with E-state index in [-0.39, 0.29) is 11.8 Å². The molecule has 0 unspecified atom stereocenters. The highest BCUT2D eigenvalue weighted by Gasteiger charge is 2.32. The van der Waals surface area contributed by atoms with Crippen LogP contribution in [0.15, 0.2) is 30.3 Å². The van der Waals surface area contributed by atoms with Gasteiger partial charge in [0.05, 0.1) is 0 Å². The molecule has 0 fully saturated rings. The van der Waals surface area contributed by atoms with Crippen molar-refractivity contribution >= 4 is 17.8 Å². The molecule has 0 aliphatic carbocycles. The van der Waals surface area contributed by atoms with Gasteiger partial charge in [0.15, 0.2) is 0 Å². The third-order valence-corrected chi connectivity index (χ3v) is 5.11. The Balaban J connectivity index is 2.83. The number of carbonyl (C=O) groups excluding carboxylic acids is 2. The number of carbonyl (C=O) groups is 3. The average Bonchev–Trinajstić information content (AvgIpc) is 2.70. The Hall–Kier alpha value is -2.45. The van der Waals surface area contributed by atoms with Gasteiger partial charge in [0.25, 0.3) is 5.91 Å². The molecule has 0 aliphatic rings. The van der Waals surface area contributed by atoms with E-state index in [9.17, 15) is 24.6 Å². The largest absolute Gasteiger partial charge is 0.480 e. The summed E-state index contributed by atoms with van der Waals surface area (Å²) in [5, 5.41) is 24.8. The van der Waals surface area contributed by atoms with Crippen LogP contribution in [0.3, 0.4) is 0 Å². The highest BCUT2D eigenvalue weighted by atomic mass is 16.4. The number of hydrogen-bond donors (Lipinski definition) is 5. The summed E-state index contributed by atoms with van der Waals surface area (Å²) in [5.74, 6) is -2.68. The van der Waals surface area contributed by atoms with E-state index in [4.69, 9.17) is 5.73 Å². The van der Waals surface area contributed by atoms with Gasteiger partial charge in [0.2, 0.25) is 5.91 Å². The molecular weight excluding hydrogens is 386 g/mol. The fourth-order valence-electron chi connectivity index (χ4n) is 3.09. The Labute approximate surface area is 178 Å². The minimum atomic E-state index is -1.50. The Kier molecular flexibility index (Phi) is 10.5. The van der Waals surface area contributed by atoms with Crippen molar-refractivity contribution in [3.05, 3.63) is 35.9 Å². The molecule has 0 heterocycles. The molecule has 0 aromatic heterocycles. The van der Waals surface area contributed by atoms with Gasteiger partial charge < -0.3 is 26.6 Å². The standard InChI is InChI=1S/C22H35N3O5/c1-5-14(4)18(22(29)30)25-20(27)17(11-13(2)3)24-21(28)19(26)16(23)12-15-9-7-6-8-10-15/h6-10,13-14,16-19,26H,5,11-12,23H2,1-4H3,(H,24,28)(H,25,27)(H,29,30)/t14-,16-,17+,18+,19+/m1/s1. The van der Waals surface area contributed by atoms with Crippen LogP contribution in [0.2, 0.25) is 0 Å². The number of aliphatic carboxylic acids is 1. The molecule has 0 aliphatic heterocycles. The number of aliphatic hydroxyl groups excluding tert-OH is 1. The number of carboxylic acids is 1. The van der Waals surface area contributed by atoms with Gasteiger partial charge in [-0.15, -0.1) is 0 Å². The van der Waals surface area contributed by atoms with Crippen LogP contribution < -0.4 is 16.4 Å². The maximum absolute atomic E-state index is 12.7. The molecule has 6 N–H and O–H groups in total. The van der Waals surface area contributed by atoms with E-state index in [0.717, 1.165) is 5.56 Å². The van der Waals surface area contributed by atoms with Crippen LogP contribution in [0.25, 0.3) is 0 Å². The van der Waals surface area contributed by atoms with Crippen molar-refractivity contribution in [2.75, 3.05) is 0 Å². The maximum atomic E-state index is 12.7. The van der Waals surface area contributed by atoms with Crippen LogP contribution in [0, 0.1) is 11.8 Å². The highest BCUT2D eigenvalue weighted by molar-refractivity contribution is 5.91. The van der Waals surface area contributed by atoms with Crippen molar-refractivity contribution < 1.29 is 24.6 Å². The van der Waals surface area contributed by atoms with Gasteiger partial charge in [-0.25, -0.2) is 4.79 Å². The monoisotopic (exact) mass is 421 g/mol. The van der Waals surface area contributed by atoms with E-state index in [0.29, 0.717) is 19.3 Å². The average molecular weight is 422 g/mol. The molecule has 8 nitrogen and oxygen atoms in total. The second kappa shape index (κ2) is 12.3. The van der Waals surface area contributed by atoms with Crippen molar-refractivity contribution in [2.45, 2.75) is 71.2 Å². The minimum absolute atomic E-state index is 0.0584. The van der Waals surface area contributed by atoms with Crippen LogP contribution in [-0.4, -0.2) is 52.2 Å². The Morgan fingerprint density at radius 1 is 1.03 bits per heavy atom. The van der Waals surface area contributed by atoms with Crippen molar-refractivity contribution in [1.29, 1.82) is 0 Å². The lowest BCUT2D eigenvalue weighted by molar-refractivity contribution is -0.144. The van der Waals surface area contributed by atoms with E-state index in [1.54, 1.807) is 6.92 Å². The van der Waals surface area contributed by atoms with Crippen molar-refractivity contribution in [3.8, 4) is 0 Å². The first-order valence-electron chi connectivity index (χ1n) is 10.4. The molecular formula is C22H35N3O5. The van der Waals surface area contributed by atoms with E-state index in [1.165, 1.54) is 0 Å². The predicted octanol–water partition coefficient (Wildman–Crippen LogP) is 1.06. The zero-order valence-corrected chi connectivity index (χ0v) is 18.2. The normalized spacial score (nSPS) is 16.2. The number of hydrogen-bond acceptors (Lipinski definition) is 5. The van der Waals surface area contributed by atoms with Gasteiger partial charge in [-0.2, -0.15) is 0 Å². The lowest BCUT2D eigenvalue weighted by Crippen LogP contribution is -2.57. The Morgan fingerprint density at radius 3 is 2.13 bits per heavy atom. The summed E-state index contributed by atoms with van der Waals surface area (Å²) in [6.07, 6.45) is -0.334. The molecule has 1 rings (SSSR count). The third kappa shape index (κ3) is 8.12. The molecule has 0 bridgehead atoms. The molecule has 30 heavy (non-hydrogen) atoms. The third-order valence-electron chi connectivity index (χ3n) is 5.11. The van der Waals surface area contributed by atoms with Crippen LogP contribution in [0.5, 0.6) is 0 Å². The molecule has 5 atom stereocenters. The van der Waals surface area contributed by atoms with Gasteiger partial charge >= 0.3 is 5.97 Å². The SMILES string of the molecule is CC[C@@H](C)[C@H](NC(=O)[C@H](CC(C)C)NC(=O)[C@@H](O)[C@H](N)Cc1ccccc1)C(=O)O. The first-order chi connectivity index (χ1) is 14.1. The molecule has 2 amide bonds. The number of carboxylic acid groups (broad SMARTS) is 1. The number of nitrogens with two attached hydrogens (primary N) is 1. The fraction of sp³-hybridized carbons (Fsp3) is 0.591. The molecule has 8 heteroatoms. The van der Waals surface area contributed by atoms with Gasteiger partial charge in [-0.3, -0.25) is 9.59 Å². The lowest BCUT2D eigenvalue weighted by atomic mass is 9.97. The Morgan fingerprint density at radius 2 is 1.63 bits per heavy atom. The summed E-state index contributed by atoms with van der Waals surface area (Å²) < 4.78 is 0. The lowest BCUT2D eigenvalue weighted by Gasteiger charge is -2.27. The maximum Gasteiger partial charge on any atom is 0.326 e. The van der Waals surface area contributed by atoms with Crippen molar-refractivity contribution in [3.63, 3.8) is 0 Å². The summed E-state index contributed by atoms with van der Waals surface area (Å²) in [6.45, 7) is 7.34. The van der Waals surface area contributed by atoms with E-state index in [2.05, 4.69) is 10.6 Å². The van der Waals surface area contributed by atoms with Gasteiger partial charge in [-0.1, -0.05) is 64.4 Å². The van der Waals surface area contributed by atoms with E-state index < -0.39 is 42.0 Å². The topological polar surface area (TPSA) is 142 Å². The molecule has 0 saturated carbocycles. The molecule has 0 spiro atoms. The van der Waals surface area contributed by atoms with Crippen LogP contribution >= 0.6 is 0 Å². The molecule has 1 aromatic carbocycles. The zero-order valence-electron chi connectivity index (χ0n) is 18.2. The summed E-state index contributed by atoms with van der Waals surface area (Å²) >= 11 is 0. The van der Waals surface area contributed by atoms with E-state index in [1.807, 2.05) is 51.1 Å². The summed E-state index contributed by atoms with van der Waals surface area (Å²) in [6, 6.07) is 6.36. The van der Waals surface area contributed by atoms with Gasteiger partial charge in [0, 0.05) is 6.04 Å². The molecule has 1 aromatic rings. The van der Waals surface area contributed by atoms with Gasteiger partial charge in [-0.05, 0) is 30.2 Å². The zero-order chi connectivity index (χ0) is 22.8. The van der Waals surface area contributed by atoms with Crippen LogP contribution in [0.1, 0.15) is 46.1 Å². The van der Waals surface area contributed by atoms with Crippen molar-refractivity contribution in [2.24, 2.45) is 17.6 Å². The number of aliphatic hydroxyl groups is 1. The number of benzene rings is 1.